The lowest BCUT2D eigenvalue weighted by atomic mass is 9.95. The van der Waals surface area contributed by atoms with Crippen LogP contribution in [0, 0.1) is 3.57 Å². The van der Waals surface area contributed by atoms with Gasteiger partial charge in [0.1, 0.15) is 18.3 Å². The van der Waals surface area contributed by atoms with Crippen LogP contribution in [0.3, 0.4) is 0 Å². The van der Waals surface area contributed by atoms with Crippen molar-refractivity contribution in [2.45, 2.75) is 57.7 Å². The van der Waals surface area contributed by atoms with Crippen LogP contribution in [0.15, 0.2) is 48.5 Å². The van der Waals surface area contributed by atoms with E-state index < -0.39 is 28.5 Å². The zero-order valence-corrected chi connectivity index (χ0v) is 23.9. The van der Waals surface area contributed by atoms with Gasteiger partial charge in [-0.25, -0.2) is 8.42 Å². The molecular formula is C26H34IN3O5S. The minimum absolute atomic E-state index is 0.0989. The molecule has 1 fully saturated rings. The third-order valence-electron chi connectivity index (χ3n) is 6.40. The largest absolute Gasteiger partial charge is 0.497 e. The first-order chi connectivity index (χ1) is 17.1. The molecule has 1 aliphatic rings. The van der Waals surface area contributed by atoms with E-state index in [9.17, 15) is 18.0 Å². The van der Waals surface area contributed by atoms with E-state index in [0.717, 1.165) is 45.4 Å². The standard InChI is InChI=1S/C26H34IN3O5S/c1-19(26(32)28-22-9-5-4-6-10-22)29(17-20-8-7-11-24(16-20)35-2)25(31)18-30(36(3,33)34)23-14-12-21(27)13-15-23/h7-8,11-16,19,22H,4-6,9-10,17-18H2,1-3H3,(H,28,32). The van der Waals surface area contributed by atoms with E-state index in [1.54, 1.807) is 50.4 Å². The minimum atomic E-state index is -3.75. The van der Waals surface area contributed by atoms with Crippen molar-refractivity contribution in [1.82, 2.24) is 10.2 Å². The van der Waals surface area contributed by atoms with Crippen LogP contribution in [0.25, 0.3) is 0 Å². The molecule has 1 N–H and O–H groups in total. The summed E-state index contributed by atoms with van der Waals surface area (Å²) in [5.41, 5.74) is 1.17. The van der Waals surface area contributed by atoms with Gasteiger partial charge in [0, 0.05) is 16.2 Å². The number of amides is 2. The highest BCUT2D eigenvalue weighted by Gasteiger charge is 2.31. The SMILES string of the molecule is COc1cccc(CN(C(=O)CN(c2ccc(I)cc2)S(C)(=O)=O)C(C)C(=O)NC2CCCCC2)c1. The van der Waals surface area contributed by atoms with Crippen molar-refractivity contribution in [1.29, 1.82) is 0 Å². The summed E-state index contributed by atoms with van der Waals surface area (Å²) in [4.78, 5) is 28.3. The van der Waals surface area contributed by atoms with Crippen molar-refractivity contribution in [3.63, 3.8) is 0 Å². The van der Waals surface area contributed by atoms with Crippen LogP contribution < -0.4 is 14.4 Å². The fourth-order valence-electron chi connectivity index (χ4n) is 4.34. The molecular weight excluding hydrogens is 593 g/mol. The number of halogens is 1. The lowest BCUT2D eigenvalue weighted by Crippen LogP contribution is -2.52. The Hall–Kier alpha value is -2.34. The van der Waals surface area contributed by atoms with E-state index in [1.807, 2.05) is 12.1 Å². The molecule has 0 spiro atoms. The quantitative estimate of drug-likeness (QED) is 0.403. The van der Waals surface area contributed by atoms with Gasteiger partial charge in [0.2, 0.25) is 21.8 Å². The van der Waals surface area contributed by atoms with Gasteiger partial charge in [-0.05, 0) is 84.3 Å². The van der Waals surface area contributed by atoms with Gasteiger partial charge in [0.15, 0.2) is 0 Å². The lowest BCUT2D eigenvalue weighted by molar-refractivity contribution is -0.139. The van der Waals surface area contributed by atoms with Crippen LogP contribution in [-0.2, 0) is 26.2 Å². The van der Waals surface area contributed by atoms with Gasteiger partial charge in [-0.15, -0.1) is 0 Å². The number of sulfonamides is 1. The Kier molecular flexibility index (Phi) is 10.0. The number of hydrogen-bond donors (Lipinski definition) is 1. The summed E-state index contributed by atoms with van der Waals surface area (Å²) in [6, 6.07) is 13.5. The molecule has 36 heavy (non-hydrogen) atoms. The number of nitrogens with zero attached hydrogens (tertiary/aromatic N) is 2. The Labute approximate surface area is 227 Å². The van der Waals surface area contributed by atoms with E-state index in [0.29, 0.717) is 11.4 Å². The number of ether oxygens (including phenoxy) is 1. The van der Waals surface area contributed by atoms with Gasteiger partial charge >= 0.3 is 0 Å². The molecule has 0 aliphatic heterocycles. The highest BCUT2D eigenvalue weighted by Crippen LogP contribution is 2.22. The zero-order valence-electron chi connectivity index (χ0n) is 20.9. The molecule has 0 radical (unpaired) electrons. The summed E-state index contributed by atoms with van der Waals surface area (Å²) in [5, 5.41) is 3.09. The smallest absolute Gasteiger partial charge is 0.244 e. The van der Waals surface area contributed by atoms with Crippen LogP contribution in [0.2, 0.25) is 0 Å². The second-order valence-corrected chi connectivity index (χ2v) is 12.3. The van der Waals surface area contributed by atoms with Crippen LogP contribution in [-0.4, -0.2) is 57.1 Å². The topological polar surface area (TPSA) is 96.0 Å². The van der Waals surface area contributed by atoms with Crippen molar-refractivity contribution in [3.8, 4) is 5.75 Å². The maximum Gasteiger partial charge on any atom is 0.244 e. The predicted octanol–water partition coefficient (Wildman–Crippen LogP) is 3.93. The average molecular weight is 628 g/mol. The molecule has 3 rings (SSSR count). The molecule has 0 saturated heterocycles. The number of anilines is 1. The number of carbonyl (C=O) groups is 2. The van der Waals surface area contributed by atoms with E-state index in [-0.39, 0.29) is 18.5 Å². The molecule has 196 valence electrons. The molecule has 8 nitrogen and oxygen atoms in total. The van der Waals surface area contributed by atoms with Crippen LogP contribution >= 0.6 is 22.6 Å². The predicted molar refractivity (Wildman–Crippen MR) is 149 cm³/mol. The van der Waals surface area contributed by atoms with Crippen molar-refractivity contribution >= 4 is 50.1 Å². The van der Waals surface area contributed by atoms with Crippen LogP contribution in [0.4, 0.5) is 5.69 Å². The Morgan fingerprint density at radius 1 is 1.11 bits per heavy atom. The monoisotopic (exact) mass is 627 g/mol. The Bertz CT molecular complexity index is 1150. The Balaban J connectivity index is 1.87. The lowest BCUT2D eigenvalue weighted by Gasteiger charge is -2.33. The number of rotatable bonds is 10. The summed E-state index contributed by atoms with van der Waals surface area (Å²) >= 11 is 2.14. The average Bonchev–Trinajstić information content (AvgIpc) is 2.86. The second kappa shape index (κ2) is 12.8. The summed E-state index contributed by atoms with van der Waals surface area (Å²) in [7, 11) is -2.19. The van der Waals surface area contributed by atoms with E-state index in [4.69, 9.17) is 4.74 Å². The first-order valence-corrected chi connectivity index (χ1v) is 15.0. The number of methoxy groups -OCH3 is 1. The van der Waals surface area contributed by atoms with Crippen molar-refractivity contribution in [2.24, 2.45) is 0 Å². The molecule has 0 aromatic heterocycles. The molecule has 1 saturated carbocycles. The molecule has 2 amide bonds. The molecule has 2 aromatic carbocycles. The van der Waals surface area contributed by atoms with Crippen molar-refractivity contribution in [2.75, 3.05) is 24.2 Å². The normalized spacial score (nSPS) is 15.1. The molecule has 1 aliphatic carbocycles. The Morgan fingerprint density at radius 3 is 2.39 bits per heavy atom. The third-order valence-corrected chi connectivity index (χ3v) is 8.26. The van der Waals surface area contributed by atoms with Gasteiger partial charge in [-0.1, -0.05) is 31.4 Å². The van der Waals surface area contributed by atoms with Gasteiger partial charge in [-0.3, -0.25) is 13.9 Å². The van der Waals surface area contributed by atoms with Gasteiger partial charge in [-0.2, -0.15) is 0 Å². The number of hydrogen-bond acceptors (Lipinski definition) is 5. The molecule has 1 atom stereocenters. The summed E-state index contributed by atoms with van der Waals surface area (Å²) in [6.07, 6.45) is 6.25. The highest BCUT2D eigenvalue weighted by atomic mass is 127. The van der Waals surface area contributed by atoms with E-state index in [1.165, 1.54) is 11.3 Å². The summed E-state index contributed by atoms with van der Waals surface area (Å²) in [5.74, 6) is -0.0673. The Morgan fingerprint density at radius 2 is 1.78 bits per heavy atom. The second-order valence-electron chi connectivity index (χ2n) is 9.14. The van der Waals surface area contributed by atoms with E-state index >= 15 is 0 Å². The van der Waals surface area contributed by atoms with E-state index in [2.05, 4.69) is 27.9 Å². The maximum atomic E-state index is 13.6. The molecule has 0 bridgehead atoms. The number of carbonyl (C=O) groups excluding carboxylic acids is 2. The number of benzene rings is 2. The summed E-state index contributed by atoms with van der Waals surface area (Å²) in [6.45, 7) is 1.41. The fourth-order valence-corrected chi connectivity index (χ4v) is 5.55. The maximum absolute atomic E-state index is 13.6. The van der Waals surface area contributed by atoms with Crippen LogP contribution in [0.1, 0.15) is 44.6 Å². The zero-order chi connectivity index (χ0) is 26.3. The van der Waals surface area contributed by atoms with Gasteiger partial charge in [0.05, 0.1) is 19.1 Å². The van der Waals surface area contributed by atoms with Crippen molar-refractivity contribution < 1.29 is 22.7 Å². The highest BCUT2D eigenvalue weighted by molar-refractivity contribution is 14.1. The first kappa shape index (κ1) is 28.2. The van der Waals surface area contributed by atoms with Crippen molar-refractivity contribution in [3.05, 3.63) is 57.7 Å². The first-order valence-electron chi connectivity index (χ1n) is 12.0. The van der Waals surface area contributed by atoms with Gasteiger partial charge in [0.25, 0.3) is 0 Å². The summed E-state index contributed by atoms with van der Waals surface area (Å²) < 4.78 is 32.6. The fraction of sp³-hybridized carbons (Fsp3) is 0.462. The van der Waals surface area contributed by atoms with Crippen LogP contribution in [0.5, 0.6) is 5.75 Å². The van der Waals surface area contributed by atoms with Gasteiger partial charge < -0.3 is 15.0 Å². The molecule has 2 aromatic rings. The molecule has 1 unspecified atom stereocenters. The number of nitrogens with one attached hydrogen (secondary N) is 1. The molecule has 10 heteroatoms. The minimum Gasteiger partial charge on any atom is -0.497 e. The molecule has 0 heterocycles. The third kappa shape index (κ3) is 7.83.